The lowest BCUT2D eigenvalue weighted by atomic mass is 9.87. The maximum absolute atomic E-state index is 13.1. The maximum atomic E-state index is 13.1. The molecule has 3 aliphatic heterocycles. The summed E-state index contributed by atoms with van der Waals surface area (Å²) in [5, 5.41) is 29.1. The fourth-order valence-corrected chi connectivity index (χ4v) is 6.34. The summed E-state index contributed by atoms with van der Waals surface area (Å²) in [5.74, 6) is -0.441. The number of hydrogen-bond acceptors (Lipinski definition) is 6. The van der Waals surface area contributed by atoms with Gasteiger partial charge in [-0.2, -0.15) is 13.2 Å². The molecular formula is C31H43F3N4O3. The minimum atomic E-state index is -4.57. The van der Waals surface area contributed by atoms with Crippen LogP contribution < -0.4 is 0 Å². The molecule has 3 saturated heterocycles. The van der Waals surface area contributed by atoms with Crippen LogP contribution in [0.3, 0.4) is 0 Å². The molecule has 10 heteroatoms. The standard InChI is InChI=1S/C31H43F3N4O3/c1-4-20(2)30-25(21(3)29(35)26-10-9-22(17-27(26)40)31(32,33)34)8-6-14-38(30)23-7-5-13-36(18-23)19-28(41)37-15-11-24(39)12-16-37/h9-10,17,23-24,35,39-40H,4-8,11-16,18-19H2,1-3H3/b25-21-,30-20?,35-29?. The Bertz CT molecular complexity index is 1200. The van der Waals surface area contributed by atoms with E-state index < -0.39 is 17.5 Å². The van der Waals surface area contributed by atoms with E-state index in [-0.39, 0.29) is 29.3 Å². The summed E-state index contributed by atoms with van der Waals surface area (Å²) >= 11 is 0. The van der Waals surface area contributed by atoms with E-state index in [0.29, 0.717) is 44.1 Å². The van der Waals surface area contributed by atoms with Crippen molar-refractivity contribution in [2.24, 2.45) is 0 Å². The number of hydrogen-bond donors (Lipinski definition) is 3. The van der Waals surface area contributed by atoms with Crippen LogP contribution in [-0.4, -0.2) is 87.9 Å². The smallest absolute Gasteiger partial charge is 0.416 e. The van der Waals surface area contributed by atoms with Gasteiger partial charge in [0.15, 0.2) is 0 Å². The molecule has 3 N–H and O–H groups in total. The lowest BCUT2D eigenvalue weighted by Gasteiger charge is -2.45. The minimum absolute atomic E-state index is 0.0250. The van der Waals surface area contributed by atoms with E-state index in [1.165, 1.54) is 11.6 Å². The Morgan fingerprint density at radius 3 is 2.41 bits per heavy atom. The molecule has 4 rings (SSSR count). The number of carbonyl (C=O) groups excluding carboxylic acids is 1. The monoisotopic (exact) mass is 576 g/mol. The van der Waals surface area contributed by atoms with Gasteiger partial charge in [0.25, 0.3) is 0 Å². The molecule has 0 spiro atoms. The van der Waals surface area contributed by atoms with Gasteiger partial charge in [-0.25, -0.2) is 0 Å². The molecule has 0 saturated carbocycles. The number of nitrogens with one attached hydrogen (secondary N) is 1. The van der Waals surface area contributed by atoms with Crippen molar-refractivity contribution in [1.82, 2.24) is 14.7 Å². The van der Waals surface area contributed by atoms with Gasteiger partial charge in [0.2, 0.25) is 5.91 Å². The first-order valence-corrected chi connectivity index (χ1v) is 14.7. The van der Waals surface area contributed by atoms with Crippen LogP contribution in [0.15, 0.2) is 40.6 Å². The molecule has 226 valence electrons. The zero-order chi connectivity index (χ0) is 29.9. The summed E-state index contributed by atoms with van der Waals surface area (Å²) in [6, 6.07) is 2.98. The highest BCUT2D eigenvalue weighted by Crippen LogP contribution is 2.38. The fraction of sp³-hybridized carbons (Fsp3) is 0.613. The molecule has 0 aromatic heterocycles. The molecular weight excluding hydrogens is 533 g/mol. The van der Waals surface area contributed by atoms with Crippen LogP contribution in [0.4, 0.5) is 13.2 Å². The lowest BCUT2D eigenvalue weighted by molar-refractivity contribution is -0.137. The molecule has 1 aromatic rings. The largest absolute Gasteiger partial charge is 0.507 e. The number of aromatic hydroxyl groups is 1. The third-order valence-electron chi connectivity index (χ3n) is 8.85. The molecule has 7 nitrogen and oxygen atoms in total. The summed E-state index contributed by atoms with van der Waals surface area (Å²) in [6.07, 6.45) is 0.763. The molecule has 1 unspecified atom stereocenters. The fourth-order valence-electron chi connectivity index (χ4n) is 6.34. The van der Waals surface area contributed by atoms with E-state index in [9.17, 15) is 28.2 Å². The van der Waals surface area contributed by atoms with Gasteiger partial charge < -0.3 is 20.0 Å². The van der Waals surface area contributed by atoms with Crippen LogP contribution in [0, 0.1) is 5.41 Å². The highest BCUT2D eigenvalue weighted by Gasteiger charge is 2.34. The third kappa shape index (κ3) is 7.15. The zero-order valence-corrected chi connectivity index (χ0v) is 24.4. The minimum Gasteiger partial charge on any atom is -0.507 e. The Labute approximate surface area is 240 Å². The van der Waals surface area contributed by atoms with E-state index in [2.05, 4.69) is 23.6 Å². The Balaban J connectivity index is 1.55. The number of nitrogens with zero attached hydrogens (tertiary/aromatic N) is 3. The number of amides is 1. The van der Waals surface area contributed by atoms with Gasteiger partial charge in [0.05, 0.1) is 23.9 Å². The van der Waals surface area contributed by atoms with E-state index >= 15 is 0 Å². The second-order valence-corrected chi connectivity index (χ2v) is 11.6. The van der Waals surface area contributed by atoms with Gasteiger partial charge in [-0.1, -0.05) is 6.92 Å². The first-order valence-electron chi connectivity index (χ1n) is 14.7. The molecule has 3 fully saturated rings. The van der Waals surface area contributed by atoms with Gasteiger partial charge in [-0.05, 0) is 100 Å². The molecule has 1 amide bonds. The van der Waals surface area contributed by atoms with Crippen molar-refractivity contribution in [2.45, 2.75) is 84.0 Å². The molecule has 0 radical (unpaired) electrons. The van der Waals surface area contributed by atoms with Crippen molar-refractivity contribution in [2.75, 3.05) is 39.3 Å². The number of likely N-dealkylation sites (tertiary alicyclic amines) is 3. The lowest BCUT2D eigenvalue weighted by Crippen LogP contribution is -2.52. The number of halogens is 3. The number of piperidine rings is 3. The van der Waals surface area contributed by atoms with Crippen LogP contribution in [0.5, 0.6) is 5.75 Å². The normalized spacial score (nSPS) is 23.9. The van der Waals surface area contributed by atoms with E-state index in [1.54, 1.807) is 0 Å². The Hall–Kier alpha value is -2.85. The molecule has 1 atom stereocenters. The number of allylic oxidation sites excluding steroid dienone is 3. The molecule has 1 aromatic carbocycles. The second-order valence-electron chi connectivity index (χ2n) is 11.6. The van der Waals surface area contributed by atoms with Gasteiger partial charge in [0, 0.05) is 43.5 Å². The van der Waals surface area contributed by atoms with Gasteiger partial charge in [-0.3, -0.25) is 15.1 Å². The van der Waals surface area contributed by atoms with Crippen molar-refractivity contribution in [3.8, 4) is 5.75 Å². The summed E-state index contributed by atoms with van der Waals surface area (Å²) in [4.78, 5) is 19.5. The van der Waals surface area contributed by atoms with E-state index in [1.807, 2.05) is 11.8 Å². The predicted octanol–water partition coefficient (Wildman–Crippen LogP) is 5.32. The zero-order valence-electron chi connectivity index (χ0n) is 24.4. The Morgan fingerprint density at radius 2 is 1.78 bits per heavy atom. The quantitative estimate of drug-likeness (QED) is 0.399. The topological polar surface area (TPSA) is 91.1 Å². The van der Waals surface area contributed by atoms with Crippen molar-refractivity contribution in [3.05, 3.63) is 51.7 Å². The number of rotatable bonds is 6. The third-order valence-corrected chi connectivity index (χ3v) is 8.85. The first-order chi connectivity index (χ1) is 19.4. The van der Waals surface area contributed by atoms with Gasteiger partial charge in [-0.15, -0.1) is 0 Å². The molecule has 3 aliphatic rings. The summed E-state index contributed by atoms with van der Waals surface area (Å²) in [5.41, 5.74) is 3.10. The second kappa shape index (κ2) is 13.0. The highest BCUT2D eigenvalue weighted by molar-refractivity contribution is 6.12. The van der Waals surface area contributed by atoms with Crippen LogP contribution in [0.2, 0.25) is 0 Å². The van der Waals surface area contributed by atoms with Gasteiger partial charge >= 0.3 is 6.18 Å². The molecule has 0 bridgehead atoms. The summed E-state index contributed by atoms with van der Waals surface area (Å²) < 4.78 is 39.4. The highest BCUT2D eigenvalue weighted by atomic mass is 19.4. The van der Waals surface area contributed by atoms with E-state index in [0.717, 1.165) is 69.1 Å². The van der Waals surface area contributed by atoms with E-state index in [4.69, 9.17) is 5.41 Å². The maximum Gasteiger partial charge on any atom is 0.416 e. The van der Waals surface area contributed by atoms with Crippen molar-refractivity contribution < 1.29 is 28.2 Å². The number of aliphatic hydroxyl groups excluding tert-OH is 1. The van der Waals surface area contributed by atoms with Crippen LogP contribution in [0.1, 0.15) is 76.8 Å². The predicted molar refractivity (Wildman–Crippen MR) is 153 cm³/mol. The van der Waals surface area contributed by atoms with Crippen molar-refractivity contribution in [3.63, 3.8) is 0 Å². The average Bonchev–Trinajstić information content (AvgIpc) is 2.95. The van der Waals surface area contributed by atoms with Crippen LogP contribution in [0.25, 0.3) is 0 Å². The number of aliphatic hydroxyl groups is 1. The van der Waals surface area contributed by atoms with Crippen LogP contribution >= 0.6 is 0 Å². The number of alkyl halides is 3. The Morgan fingerprint density at radius 1 is 1.07 bits per heavy atom. The van der Waals surface area contributed by atoms with Gasteiger partial charge in [0.1, 0.15) is 5.75 Å². The number of benzene rings is 1. The summed E-state index contributed by atoms with van der Waals surface area (Å²) in [6.45, 7) is 10.0. The SMILES string of the molecule is CCC(C)=C1/C(=C(/C)C(=N)c2ccc(C(F)(F)F)cc2O)CCCN1C1CCCN(CC(=O)N2CCC(O)CC2)C1. The van der Waals surface area contributed by atoms with Crippen LogP contribution in [-0.2, 0) is 11.0 Å². The molecule has 41 heavy (non-hydrogen) atoms. The average molecular weight is 577 g/mol. The number of phenolic OH excluding ortho intramolecular Hbond substituents is 1. The Kier molecular flexibility index (Phi) is 9.85. The molecule has 3 heterocycles. The van der Waals surface area contributed by atoms with Crippen molar-refractivity contribution >= 4 is 11.6 Å². The molecule has 0 aliphatic carbocycles. The summed E-state index contributed by atoms with van der Waals surface area (Å²) in [7, 11) is 0. The van der Waals surface area contributed by atoms with Crippen molar-refractivity contribution in [1.29, 1.82) is 5.41 Å². The number of phenols is 1. The number of carbonyl (C=O) groups is 1. The first kappa shape index (κ1) is 31.1.